The molecule has 5 nitrogen and oxygen atoms in total. The van der Waals surface area contributed by atoms with Crippen LogP contribution in [0.3, 0.4) is 0 Å². The van der Waals surface area contributed by atoms with Crippen molar-refractivity contribution >= 4 is 28.3 Å². The van der Waals surface area contributed by atoms with Gasteiger partial charge in [-0.15, -0.1) is 0 Å². The van der Waals surface area contributed by atoms with Crippen molar-refractivity contribution < 1.29 is 4.79 Å². The lowest BCUT2D eigenvalue weighted by atomic mass is 10.4. The standard InChI is InChI=1S/C8H14N4OS/c1-2-3-10-7(13)5-11-8-4-6(9)12-14-8/h4,11H,2-3,5H2,1H3,(H2,9,12)(H,10,13). The average molecular weight is 214 g/mol. The van der Waals surface area contributed by atoms with E-state index in [0.29, 0.717) is 12.4 Å². The molecule has 0 saturated carbocycles. The van der Waals surface area contributed by atoms with Gasteiger partial charge in [-0.1, -0.05) is 6.92 Å². The summed E-state index contributed by atoms with van der Waals surface area (Å²) in [6.45, 7) is 2.99. The molecule has 0 aliphatic rings. The highest BCUT2D eigenvalue weighted by atomic mass is 32.1. The summed E-state index contributed by atoms with van der Waals surface area (Å²) in [5.74, 6) is 0.463. The fourth-order valence-corrected chi connectivity index (χ4v) is 1.43. The third-order valence-electron chi connectivity index (χ3n) is 1.52. The van der Waals surface area contributed by atoms with Crippen molar-refractivity contribution in [3.63, 3.8) is 0 Å². The molecule has 1 heterocycles. The molecule has 0 bridgehead atoms. The number of carbonyl (C=O) groups excluding carboxylic acids is 1. The van der Waals surface area contributed by atoms with Crippen LogP contribution in [-0.2, 0) is 4.79 Å². The summed E-state index contributed by atoms with van der Waals surface area (Å²) in [6.07, 6.45) is 0.944. The number of anilines is 2. The average Bonchev–Trinajstić information content (AvgIpc) is 2.58. The Kier molecular flexibility index (Phi) is 4.18. The molecule has 0 atom stereocenters. The maximum atomic E-state index is 11.2. The molecule has 14 heavy (non-hydrogen) atoms. The number of nitrogens with two attached hydrogens (primary N) is 1. The zero-order valence-electron chi connectivity index (χ0n) is 8.04. The Morgan fingerprint density at radius 3 is 3.07 bits per heavy atom. The minimum absolute atomic E-state index is 0.0150. The number of aromatic nitrogens is 1. The van der Waals surface area contributed by atoms with Gasteiger partial charge in [-0.3, -0.25) is 4.79 Å². The Labute approximate surface area is 86.9 Å². The first-order valence-electron chi connectivity index (χ1n) is 4.45. The van der Waals surface area contributed by atoms with Crippen molar-refractivity contribution in [1.82, 2.24) is 9.69 Å². The number of amides is 1. The van der Waals surface area contributed by atoms with Gasteiger partial charge in [0.15, 0.2) is 0 Å². The molecular formula is C8H14N4OS. The summed E-state index contributed by atoms with van der Waals surface area (Å²) in [4.78, 5) is 11.2. The second-order valence-corrected chi connectivity index (χ2v) is 3.62. The highest BCUT2D eigenvalue weighted by Gasteiger charge is 2.01. The first kappa shape index (κ1) is 10.8. The van der Waals surface area contributed by atoms with Crippen LogP contribution < -0.4 is 16.4 Å². The van der Waals surface area contributed by atoms with E-state index in [9.17, 15) is 4.79 Å². The van der Waals surface area contributed by atoms with E-state index in [1.807, 2.05) is 6.92 Å². The summed E-state index contributed by atoms with van der Waals surface area (Å²) in [6, 6.07) is 1.71. The highest BCUT2D eigenvalue weighted by Crippen LogP contribution is 2.16. The Morgan fingerprint density at radius 2 is 2.50 bits per heavy atom. The van der Waals surface area contributed by atoms with E-state index in [1.165, 1.54) is 11.5 Å². The number of hydrogen-bond acceptors (Lipinski definition) is 5. The van der Waals surface area contributed by atoms with Crippen LogP contribution in [-0.4, -0.2) is 23.4 Å². The van der Waals surface area contributed by atoms with Crippen molar-refractivity contribution in [2.75, 3.05) is 24.1 Å². The fraction of sp³-hybridized carbons (Fsp3) is 0.500. The summed E-state index contributed by atoms with van der Waals surface area (Å²) < 4.78 is 3.88. The van der Waals surface area contributed by atoms with Crippen molar-refractivity contribution in [2.24, 2.45) is 0 Å². The number of hydrogen-bond donors (Lipinski definition) is 3. The maximum absolute atomic E-state index is 11.2. The van der Waals surface area contributed by atoms with Crippen molar-refractivity contribution in [3.05, 3.63) is 6.07 Å². The number of carbonyl (C=O) groups is 1. The number of nitrogens with one attached hydrogen (secondary N) is 2. The lowest BCUT2D eigenvalue weighted by Crippen LogP contribution is -2.30. The summed E-state index contributed by atoms with van der Waals surface area (Å²) >= 11 is 1.25. The lowest BCUT2D eigenvalue weighted by Gasteiger charge is -2.03. The van der Waals surface area contributed by atoms with Crippen LogP contribution in [0.5, 0.6) is 0 Å². The zero-order valence-corrected chi connectivity index (χ0v) is 8.86. The molecule has 0 spiro atoms. The van der Waals surface area contributed by atoms with E-state index < -0.39 is 0 Å². The van der Waals surface area contributed by atoms with Gasteiger partial charge in [0.25, 0.3) is 0 Å². The Morgan fingerprint density at radius 1 is 1.71 bits per heavy atom. The van der Waals surface area contributed by atoms with E-state index in [-0.39, 0.29) is 12.5 Å². The topological polar surface area (TPSA) is 80.0 Å². The van der Waals surface area contributed by atoms with Gasteiger partial charge in [0.2, 0.25) is 5.91 Å². The van der Waals surface area contributed by atoms with Crippen LogP contribution in [0, 0.1) is 0 Å². The molecule has 78 valence electrons. The predicted molar refractivity (Wildman–Crippen MR) is 58.3 cm³/mol. The third-order valence-corrected chi connectivity index (χ3v) is 2.28. The van der Waals surface area contributed by atoms with E-state index in [0.717, 1.165) is 11.4 Å². The van der Waals surface area contributed by atoms with E-state index in [4.69, 9.17) is 5.73 Å². The normalized spacial score (nSPS) is 9.79. The van der Waals surface area contributed by atoms with Gasteiger partial charge in [0, 0.05) is 12.6 Å². The molecule has 0 unspecified atom stereocenters. The molecule has 4 N–H and O–H groups in total. The molecule has 6 heteroatoms. The van der Waals surface area contributed by atoms with E-state index >= 15 is 0 Å². The monoisotopic (exact) mass is 214 g/mol. The molecule has 0 aliphatic heterocycles. The van der Waals surface area contributed by atoms with Crippen LogP contribution in [0.4, 0.5) is 10.8 Å². The molecular weight excluding hydrogens is 200 g/mol. The summed E-state index contributed by atoms with van der Waals surface area (Å²) in [5, 5.41) is 6.51. The molecule has 0 aromatic carbocycles. The van der Waals surface area contributed by atoms with Crippen LogP contribution in [0.15, 0.2) is 6.07 Å². The summed E-state index contributed by atoms with van der Waals surface area (Å²) in [7, 11) is 0. The SMILES string of the molecule is CCCNC(=O)CNc1cc(N)ns1. The van der Waals surface area contributed by atoms with Crippen molar-refractivity contribution in [3.8, 4) is 0 Å². The molecule has 0 radical (unpaired) electrons. The van der Waals surface area contributed by atoms with Gasteiger partial charge in [-0.25, -0.2) is 0 Å². The van der Waals surface area contributed by atoms with Gasteiger partial charge in [-0.05, 0) is 18.0 Å². The summed E-state index contributed by atoms with van der Waals surface area (Å²) in [5.41, 5.74) is 5.42. The van der Waals surface area contributed by atoms with Crippen molar-refractivity contribution in [2.45, 2.75) is 13.3 Å². The molecule has 0 fully saturated rings. The van der Waals surface area contributed by atoms with E-state index in [2.05, 4.69) is 15.0 Å². The van der Waals surface area contributed by atoms with Crippen LogP contribution >= 0.6 is 11.5 Å². The van der Waals surface area contributed by atoms with Crippen LogP contribution in [0.1, 0.15) is 13.3 Å². The third kappa shape index (κ3) is 3.61. The Bertz CT molecular complexity index is 299. The van der Waals surface area contributed by atoms with Gasteiger partial charge in [0.1, 0.15) is 10.8 Å². The quantitative estimate of drug-likeness (QED) is 0.672. The van der Waals surface area contributed by atoms with Gasteiger partial charge >= 0.3 is 0 Å². The minimum atomic E-state index is -0.0150. The highest BCUT2D eigenvalue weighted by molar-refractivity contribution is 7.10. The molecule has 0 saturated heterocycles. The van der Waals surface area contributed by atoms with Gasteiger partial charge < -0.3 is 16.4 Å². The number of nitrogen functional groups attached to an aromatic ring is 1. The second-order valence-electron chi connectivity index (χ2n) is 2.82. The molecule has 0 aliphatic carbocycles. The smallest absolute Gasteiger partial charge is 0.239 e. The van der Waals surface area contributed by atoms with E-state index in [1.54, 1.807) is 6.07 Å². The van der Waals surface area contributed by atoms with Gasteiger partial charge in [0.05, 0.1) is 6.54 Å². The zero-order chi connectivity index (χ0) is 10.4. The second kappa shape index (κ2) is 5.43. The minimum Gasteiger partial charge on any atom is -0.383 e. The molecule has 1 aromatic rings. The largest absolute Gasteiger partial charge is 0.383 e. The van der Waals surface area contributed by atoms with Crippen LogP contribution in [0.25, 0.3) is 0 Å². The maximum Gasteiger partial charge on any atom is 0.239 e. The van der Waals surface area contributed by atoms with Crippen LogP contribution in [0.2, 0.25) is 0 Å². The Hall–Kier alpha value is -1.30. The van der Waals surface area contributed by atoms with Gasteiger partial charge in [-0.2, -0.15) is 4.37 Å². The molecule has 1 rings (SSSR count). The predicted octanol–water partition coefficient (Wildman–Crippen LogP) is 0.663. The lowest BCUT2D eigenvalue weighted by molar-refractivity contribution is -0.119. The fourth-order valence-electron chi connectivity index (χ4n) is 0.867. The first-order valence-corrected chi connectivity index (χ1v) is 5.22. The molecule has 1 amide bonds. The number of rotatable bonds is 5. The van der Waals surface area contributed by atoms with Crippen molar-refractivity contribution in [1.29, 1.82) is 0 Å². The number of nitrogens with zero attached hydrogens (tertiary/aromatic N) is 1. The molecule has 1 aromatic heterocycles. The first-order chi connectivity index (χ1) is 6.72. The Balaban J connectivity index is 2.23.